The molecule has 3 N–H and O–H groups in total. The quantitative estimate of drug-likeness (QED) is 0.487. The Kier molecular flexibility index (Phi) is 7.50. The summed E-state index contributed by atoms with van der Waals surface area (Å²) in [7, 11) is 1.52. The van der Waals surface area contributed by atoms with Crippen molar-refractivity contribution in [1.29, 1.82) is 0 Å². The summed E-state index contributed by atoms with van der Waals surface area (Å²) in [5, 5.41) is 21.9. The van der Waals surface area contributed by atoms with Crippen LogP contribution in [0.3, 0.4) is 0 Å². The normalized spacial score (nSPS) is 10.6. The minimum absolute atomic E-state index is 0.123. The van der Waals surface area contributed by atoms with E-state index in [-0.39, 0.29) is 24.4 Å². The third-order valence-corrected chi connectivity index (χ3v) is 5.33. The Labute approximate surface area is 191 Å². The van der Waals surface area contributed by atoms with Gasteiger partial charge in [0.2, 0.25) is 0 Å². The zero-order valence-electron chi connectivity index (χ0n) is 18.6. The number of hydrogen-bond donors (Lipinski definition) is 3. The largest absolute Gasteiger partial charge is 0.505 e. The molecule has 3 rings (SSSR count). The van der Waals surface area contributed by atoms with E-state index in [1.807, 2.05) is 18.2 Å². The van der Waals surface area contributed by atoms with Crippen LogP contribution in [-0.4, -0.2) is 33.3 Å². The van der Waals surface area contributed by atoms with E-state index in [0.717, 1.165) is 22.4 Å². The van der Waals surface area contributed by atoms with Crippen molar-refractivity contribution in [2.75, 3.05) is 11.4 Å². The van der Waals surface area contributed by atoms with Gasteiger partial charge in [-0.05, 0) is 47.7 Å². The zero-order chi connectivity index (χ0) is 24.0. The first kappa shape index (κ1) is 23.6. The van der Waals surface area contributed by atoms with E-state index in [1.165, 1.54) is 29.4 Å². The monoisotopic (exact) mass is 449 g/mol. The Balaban J connectivity index is 2.03. The van der Waals surface area contributed by atoms with Crippen LogP contribution in [0.5, 0.6) is 5.75 Å². The number of amides is 2. The number of pyridine rings is 1. The maximum Gasteiger partial charge on any atom is 0.326 e. The molecule has 33 heavy (non-hydrogen) atoms. The summed E-state index contributed by atoms with van der Waals surface area (Å²) in [5.74, 6) is -1.41. The van der Waals surface area contributed by atoms with Crippen molar-refractivity contribution >= 4 is 23.4 Å². The minimum atomic E-state index is -1.06. The smallest absolute Gasteiger partial charge is 0.326 e. The van der Waals surface area contributed by atoms with Gasteiger partial charge in [0.15, 0.2) is 5.69 Å². The fraction of sp³-hybridized carbons (Fsp3) is 0.240. The Morgan fingerprint density at radius 3 is 2.48 bits per heavy atom. The summed E-state index contributed by atoms with van der Waals surface area (Å²) >= 11 is 0. The molecule has 8 heteroatoms. The van der Waals surface area contributed by atoms with E-state index in [9.17, 15) is 19.5 Å². The number of aromatic nitrogens is 1. The highest BCUT2D eigenvalue weighted by Crippen LogP contribution is 2.31. The number of rotatable bonds is 8. The molecule has 0 radical (unpaired) electrons. The molecule has 1 aromatic heterocycles. The molecular weight excluding hydrogens is 422 g/mol. The van der Waals surface area contributed by atoms with Crippen molar-refractivity contribution in [2.24, 2.45) is 7.05 Å². The summed E-state index contributed by atoms with van der Waals surface area (Å²) in [6, 6.07) is 15.9. The molecule has 1 heterocycles. The first-order chi connectivity index (χ1) is 15.8. The van der Waals surface area contributed by atoms with Crippen LogP contribution in [-0.2, 0) is 24.7 Å². The minimum Gasteiger partial charge on any atom is -0.505 e. The van der Waals surface area contributed by atoms with Gasteiger partial charge in [0.1, 0.15) is 5.75 Å². The van der Waals surface area contributed by atoms with Crippen LogP contribution in [0, 0.1) is 0 Å². The van der Waals surface area contributed by atoms with E-state index in [1.54, 1.807) is 18.2 Å². The molecule has 2 amide bonds. The maximum absolute atomic E-state index is 13.1. The second-order valence-electron chi connectivity index (χ2n) is 7.65. The van der Waals surface area contributed by atoms with Crippen molar-refractivity contribution in [3.8, 4) is 5.75 Å². The van der Waals surface area contributed by atoms with Gasteiger partial charge in [-0.1, -0.05) is 43.3 Å². The molecule has 0 aliphatic carbocycles. The average molecular weight is 450 g/mol. The summed E-state index contributed by atoms with van der Waals surface area (Å²) in [6.07, 6.45) is 2.65. The van der Waals surface area contributed by atoms with Gasteiger partial charge < -0.3 is 20.1 Å². The number of nitrogens with zero attached hydrogens (tertiary/aromatic N) is 2. The Morgan fingerprint density at radius 1 is 1.06 bits per heavy atom. The molecule has 0 fully saturated rings. The van der Waals surface area contributed by atoms with Gasteiger partial charge in [-0.15, -0.1) is 0 Å². The number of anilines is 2. The summed E-state index contributed by atoms with van der Waals surface area (Å²) in [4.78, 5) is 37.9. The van der Waals surface area contributed by atoms with Crippen LogP contribution < -0.4 is 15.8 Å². The number of carbonyl (C=O) groups excluding carboxylic acids is 1. The Bertz CT molecular complexity index is 1220. The van der Waals surface area contributed by atoms with Crippen molar-refractivity contribution in [3.05, 3.63) is 87.8 Å². The molecule has 3 aromatic rings. The van der Waals surface area contributed by atoms with Crippen LogP contribution in [0.25, 0.3) is 0 Å². The third kappa shape index (κ3) is 5.60. The van der Waals surface area contributed by atoms with Crippen molar-refractivity contribution < 1.29 is 19.8 Å². The van der Waals surface area contributed by atoms with Gasteiger partial charge in [-0.3, -0.25) is 14.5 Å². The predicted octanol–water partition coefficient (Wildman–Crippen LogP) is 3.57. The number of aromatic hydroxyl groups is 1. The number of carboxylic acid groups (broad SMARTS) is 1. The topological polar surface area (TPSA) is 112 Å². The fourth-order valence-electron chi connectivity index (χ4n) is 3.62. The number of aryl methyl sites for hydroxylation is 2. The first-order valence-electron chi connectivity index (χ1n) is 10.7. The van der Waals surface area contributed by atoms with Crippen LogP contribution in [0.4, 0.5) is 16.2 Å². The number of benzene rings is 2. The van der Waals surface area contributed by atoms with Gasteiger partial charge in [-0.2, -0.15) is 0 Å². The van der Waals surface area contributed by atoms with Crippen LogP contribution in [0.2, 0.25) is 0 Å². The lowest BCUT2D eigenvalue weighted by Gasteiger charge is -2.24. The molecule has 172 valence electrons. The number of hydrogen-bond acceptors (Lipinski definition) is 4. The highest BCUT2D eigenvalue weighted by atomic mass is 16.4. The fourth-order valence-corrected chi connectivity index (χ4v) is 3.62. The van der Waals surface area contributed by atoms with Gasteiger partial charge in [0.25, 0.3) is 5.56 Å². The number of nitrogens with one attached hydrogen (secondary N) is 1. The number of aliphatic carboxylic acids is 1. The lowest BCUT2D eigenvalue weighted by atomic mass is 9.98. The van der Waals surface area contributed by atoms with Crippen LogP contribution in [0.1, 0.15) is 30.0 Å². The molecule has 0 aliphatic heterocycles. The standard InChI is InChI=1S/C25H27N3O5/c1-3-18-8-4-5-9-19(18)15-17-7-6-10-20(16-17)28(25(33)26-13-11-22(30)31)23-21(29)12-14-27(2)24(23)32/h4-10,12,14,16,29H,3,11,13,15H2,1-2H3,(H,26,33)(H,30,31). The SMILES string of the molecule is CCc1ccccc1Cc1cccc(N(C(=O)NCCC(=O)O)c2c(O)ccn(C)c2=O)c1. The Morgan fingerprint density at radius 2 is 1.79 bits per heavy atom. The molecule has 0 aliphatic rings. The molecule has 0 saturated carbocycles. The van der Waals surface area contributed by atoms with E-state index in [4.69, 9.17) is 5.11 Å². The van der Waals surface area contributed by atoms with Gasteiger partial charge in [-0.25, -0.2) is 4.79 Å². The van der Waals surface area contributed by atoms with E-state index < -0.39 is 17.6 Å². The molecular formula is C25H27N3O5. The van der Waals surface area contributed by atoms with Gasteiger partial charge >= 0.3 is 12.0 Å². The van der Waals surface area contributed by atoms with E-state index >= 15 is 0 Å². The summed E-state index contributed by atoms with van der Waals surface area (Å²) in [6.45, 7) is 1.97. The molecule has 0 unspecified atom stereocenters. The number of carboxylic acids is 1. The average Bonchev–Trinajstić information content (AvgIpc) is 2.79. The molecule has 2 aromatic carbocycles. The van der Waals surface area contributed by atoms with Crippen molar-refractivity contribution in [3.63, 3.8) is 0 Å². The van der Waals surface area contributed by atoms with E-state index in [0.29, 0.717) is 12.1 Å². The van der Waals surface area contributed by atoms with E-state index in [2.05, 4.69) is 24.4 Å². The number of carbonyl (C=O) groups is 2. The molecule has 0 spiro atoms. The lowest BCUT2D eigenvalue weighted by Crippen LogP contribution is -2.41. The molecule has 0 bridgehead atoms. The second-order valence-corrected chi connectivity index (χ2v) is 7.65. The Hall–Kier alpha value is -4.07. The first-order valence-corrected chi connectivity index (χ1v) is 10.7. The van der Waals surface area contributed by atoms with Crippen molar-refractivity contribution in [1.82, 2.24) is 9.88 Å². The van der Waals surface area contributed by atoms with Crippen LogP contribution in [0.15, 0.2) is 65.6 Å². The van der Waals surface area contributed by atoms with Crippen LogP contribution >= 0.6 is 0 Å². The number of urea groups is 1. The highest BCUT2D eigenvalue weighted by Gasteiger charge is 2.25. The van der Waals surface area contributed by atoms with Gasteiger partial charge in [0.05, 0.1) is 12.1 Å². The highest BCUT2D eigenvalue weighted by molar-refractivity contribution is 6.00. The summed E-state index contributed by atoms with van der Waals surface area (Å²) < 4.78 is 1.26. The van der Waals surface area contributed by atoms with Crippen molar-refractivity contribution in [2.45, 2.75) is 26.2 Å². The zero-order valence-corrected chi connectivity index (χ0v) is 18.6. The second kappa shape index (κ2) is 10.5. The predicted molar refractivity (Wildman–Crippen MR) is 126 cm³/mol. The summed E-state index contributed by atoms with van der Waals surface area (Å²) in [5.41, 5.74) is 2.91. The molecule has 0 atom stereocenters. The maximum atomic E-state index is 13.1. The van der Waals surface area contributed by atoms with Gasteiger partial charge in [0, 0.05) is 19.8 Å². The lowest BCUT2D eigenvalue weighted by molar-refractivity contribution is -0.136. The third-order valence-electron chi connectivity index (χ3n) is 5.33. The molecule has 8 nitrogen and oxygen atoms in total. The molecule has 0 saturated heterocycles.